The van der Waals surface area contributed by atoms with Crippen LogP contribution in [0.1, 0.15) is 53.4 Å². The minimum atomic E-state index is -0.459. The van der Waals surface area contributed by atoms with E-state index in [4.69, 9.17) is 9.47 Å². The molecule has 3 aromatic carbocycles. The molecule has 6 heteroatoms. The summed E-state index contributed by atoms with van der Waals surface area (Å²) in [6.07, 6.45) is 1.01. The Morgan fingerprint density at radius 2 is 1.85 bits per heavy atom. The Bertz CT molecular complexity index is 1190. The number of aryl methyl sites for hydroxylation is 1. The van der Waals surface area contributed by atoms with Crippen LogP contribution in [-0.2, 0) is 17.8 Å². The lowest BCUT2D eigenvalue weighted by molar-refractivity contribution is -0.117. The maximum atomic E-state index is 13.3. The number of carbonyl (C=O) groups is 2. The number of amides is 2. The van der Waals surface area contributed by atoms with Crippen molar-refractivity contribution in [3.63, 3.8) is 0 Å². The number of nitrogens with zero attached hydrogens (tertiary/aromatic N) is 1. The molecule has 1 atom stereocenters. The van der Waals surface area contributed by atoms with Crippen molar-refractivity contribution in [1.82, 2.24) is 4.90 Å². The second-order valence-corrected chi connectivity index (χ2v) is 8.26. The molecule has 1 N–H and O–H groups in total. The van der Waals surface area contributed by atoms with Crippen LogP contribution >= 0.6 is 0 Å². The third-order valence-electron chi connectivity index (χ3n) is 6.10. The number of hydrogen-bond donors (Lipinski definition) is 1. The number of hydrogen-bond acceptors (Lipinski definition) is 4. The lowest BCUT2D eigenvalue weighted by atomic mass is 10.0. The summed E-state index contributed by atoms with van der Waals surface area (Å²) in [6, 6.07) is 20.5. The number of nitrogens with one attached hydrogen (secondary N) is 1. The van der Waals surface area contributed by atoms with E-state index in [0.29, 0.717) is 30.2 Å². The van der Waals surface area contributed by atoms with Gasteiger partial charge in [0.25, 0.3) is 5.91 Å². The van der Waals surface area contributed by atoms with Crippen LogP contribution in [0.25, 0.3) is 0 Å². The van der Waals surface area contributed by atoms with Crippen molar-refractivity contribution in [3.05, 3.63) is 89.0 Å². The van der Waals surface area contributed by atoms with Gasteiger partial charge in [0.1, 0.15) is 0 Å². The number of ether oxygens (including phenoxy) is 2. The molecule has 0 fully saturated rings. The monoisotopic (exact) mass is 458 g/mol. The fourth-order valence-corrected chi connectivity index (χ4v) is 4.36. The van der Waals surface area contributed by atoms with Gasteiger partial charge in [-0.2, -0.15) is 0 Å². The Labute approximate surface area is 200 Å². The molecule has 176 valence electrons. The zero-order valence-electron chi connectivity index (χ0n) is 19.8. The standard InChI is InChI=1S/C28H30N2O4/c1-4-19-9-8-11-22(15-19)29-27(31)17-24(20-13-14-25(34-5-2)26(16-20)33-3)30-18-21-10-6-7-12-23(21)28(30)32/h6-16,24H,4-5,17-18H2,1-3H3,(H,29,31)/t24-/m0/s1. The van der Waals surface area contributed by atoms with Gasteiger partial charge in [-0.15, -0.1) is 0 Å². The molecular formula is C28H30N2O4. The van der Waals surface area contributed by atoms with Gasteiger partial charge in [0.15, 0.2) is 11.5 Å². The van der Waals surface area contributed by atoms with Crippen molar-refractivity contribution >= 4 is 17.5 Å². The highest BCUT2D eigenvalue weighted by atomic mass is 16.5. The van der Waals surface area contributed by atoms with E-state index in [9.17, 15) is 9.59 Å². The second kappa shape index (κ2) is 10.4. The van der Waals surface area contributed by atoms with Crippen LogP contribution in [0, 0.1) is 0 Å². The Balaban J connectivity index is 1.64. The molecule has 34 heavy (non-hydrogen) atoms. The summed E-state index contributed by atoms with van der Waals surface area (Å²) in [6.45, 7) is 4.95. The predicted molar refractivity (Wildman–Crippen MR) is 132 cm³/mol. The second-order valence-electron chi connectivity index (χ2n) is 8.26. The van der Waals surface area contributed by atoms with Gasteiger partial charge in [-0.25, -0.2) is 0 Å². The molecule has 6 nitrogen and oxygen atoms in total. The smallest absolute Gasteiger partial charge is 0.255 e. The highest BCUT2D eigenvalue weighted by Crippen LogP contribution is 2.37. The molecule has 4 rings (SSSR count). The highest BCUT2D eigenvalue weighted by Gasteiger charge is 2.34. The van der Waals surface area contributed by atoms with Crippen molar-refractivity contribution in [2.24, 2.45) is 0 Å². The van der Waals surface area contributed by atoms with E-state index in [0.717, 1.165) is 28.8 Å². The molecule has 1 aliphatic heterocycles. The fraction of sp³-hybridized carbons (Fsp3) is 0.286. The summed E-state index contributed by atoms with van der Waals surface area (Å²) >= 11 is 0. The number of anilines is 1. The number of rotatable bonds is 9. The van der Waals surface area contributed by atoms with Gasteiger partial charge < -0.3 is 19.7 Å². The molecule has 0 aromatic heterocycles. The van der Waals surface area contributed by atoms with Crippen LogP contribution in [0.3, 0.4) is 0 Å². The predicted octanol–water partition coefficient (Wildman–Crippen LogP) is 5.38. The first-order valence-corrected chi connectivity index (χ1v) is 11.6. The summed E-state index contributed by atoms with van der Waals surface area (Å²) < 4.78 is 11.2. The molecular weight excluding hydrogens is 428 g/mol. The van der Waals surface area contributed by atoms with E-state index in [-0.39, 0.29) is 18.2 Å². The first kappa shape index (κ1) is 23.4. The third-order valence-corrected chi connectivity index (χ3v) is 6.10. The van der Waals surface area contributed by atoms with Crippen LogP contribution in [0.5, 0.6) is 11.5 Å². The third kappa shape index (κ3) is 4.91. The first-order valence-electron chi connectivity index (χ1n) is 11.6. The molecule has 1 aliphatic rings. The van der Waals surface area contributed by atoms with Crippen molar-refractivity contribution in [2.75, 3.05) is 19.0 Å². The molecule has 0 saturated heterocycles. The van der Waals surface area contributed by atoms with Gasteiger partial charge in [-0.05, 0) is 60.4 Å². The maximum Gasteiger partial charge on any atom is 0.255 e. The van der Waals surface area contributed by atoms with Crippen LogP contribution in [0.15, 0.2) is 66.7 Å². The maximum absolute atomic E-state index is 13.3. The molecule has 0 aliphatic carbocycles. The van der Waals surface area contributed by atoms with E-state index in [1.54, 1.807) is 12.0 Å². The van der Waals surface area contributed by atoms with E-state index in [2.05, 4.69) is 12.2 Å². The van der Waals surface area contributed by atoms with Crippen LogP contribution < -0.4 is 14.8 Å². The van der Waals surface area contributed by atoms with Crippen molar-refractivity contribution in [1.29, 1.82) is 0 Å². The molecule has 0 spiro atoms. The lowest BCUT2D eigenvalue weighted by Gasteiger charge is -2.28. The van der Waals surface area contributed by atoms with Gasteiger partial charge in [0.05, 0.1) is 26.2 Å². The fourth-order valence-electron chi connectivity index (χ4n) is 4.36. The average molecular weight is 459 g/mol. The molecule has 3 aromatic rings. The average Bonchev–Trinajstić information content (AvgIpc) is 3.19. The summed E-state index contributed by atoms with van der Waals surface area (Å²) in [5.74, 6) is 0.970. The summed E-state index contributed by atoms with van der Waals surface area (Å²) in [7, 11) is 1.58. The number of carbonyl (C=O) groups excluding carboxylic acids is 2. The molecule has 0 saturated carbocycles. The van der Waals surface area contributed by atoms with Crippen molar-refractivity contribution < 1.29 is 19.1 Å². The van der Waals surface area contributed by atoms with Gasteiger partial charge in [0.2, 0.25) is 5.91 Å². The van der Waals surface area contributed by atoms with E-state index in [1.165, 1.54) is 0 Å². The van der Waals surface area contributed by atoms with Gasteiger partial charge in [0, 0.05) is 17.8 Å². The molecule has 2 amide bonds. The Morgan fingerprint density at radius 1 is 1.03 bits per heavy atom. The summed E-state index contributed by atoms with van der Waals surface area (Å²) in [5.41, 5.74) is 4.37. The normalized spacial score (nSPS) is 13.4. The van der Waals surface area contributed by atoms with Crippen molar-refractivity contribution in [3.8, 4) is 11.5 Å². The Morgan fingerprint density at radius 3 is 2.59 bits per heavy atom. The molecule has 0 bridgehead atoms. The van der Waals surface area contributed by atoms with Gasteiger partial charge in [-0.3, -0.25) is 9.59 Å². The minimum Gasteiger partial charge on any atom is -0.493 e. The molecule has 0 radical (unpaired) electrons. The number of methoxy groups -OCH3 is 1. The SMILES string of the molecule is CCOc1ccc([C@H](CC(=O)Nc2cccc(CC)c2)N2Cc3ccccc3C2=O)cc1OC. The van der Waals surface area contributed by atoms with Crippen LogP contribution in [-0.4, -0.2) is 30.4 Å². The quantitative estimate of drug-likeness (QED) is 0.467. The van der Waals surface area contributed by atoms with E-state index < -0.39 is 6.04 Å². The number of fused-ring (bicyclic) bond motifs is 1. The largest absolute Gasteiger partial charge is 0.493 e. The van der Waals surface area contributed by atoms with Gasteiger partial charge >= 0.3 is 0 Å². The Hall–Kier alpha value is -3.80. The van der Waals surface area contributed by atoms with E-state index in [1.807, 2.05) is 73.7 Å². The Kier molecular flexibility index (Phi) is 7.16. The van der Waals surface area contributed by atoms with Gasteiger partial charge in [-0.1, -0.05) is 43.3 Å². The summed E-state index contributed by atoms with van der Waals surface area (Å²) in [5, 5.41) is 3.00. The first-order chi connectivity index (χ1) is 16.5. The summed E-state index contributed by atoms with van der Waals surface area (Å²) in [4.78, 5) is 28.2. The molecule has 1 heterocycles. The van der Waals surface area contributed by atoms with Crippen LogP contribution in [0.2, 0.25) is 0 Å². The van der Waals surface area contributed by atoms with E-state index >= 15 is 0 Å². The minimum absolute atomic E-state index is 0.0748. The lowest BCUT2D eigenvalue weighted by Crippen LogP contribution is -2.32. The topological polar surface area (TPSA) is 67.9 Å². The van der Waals surface area contributed by atoms with Crippen molar-refractivity contribution in [2.45, 2.75) is 39.3 Å². The molecule has 0 unspecified atom stereocenters. The van der Waals surface area contributed by atoms with Crippen LogP contribution in [0.4, 0.5) is 5.69 Å². The zero-order valence-corrected chi connectivity index (χ0v) is 19.8. The number of benzene rings is 3. The zero-order chi connectivity index (χ0) is 24.1. The highest BCUT2D eigenvalue weighted by molar-refractivity contribution is 5.99.